The van der Waals surface area contributed by atoms with Gasteiger partial charge in [-0.25, -0.2) is 0 Å². The van der Waals surface area contributed by atoms with E-state index < -0.39 is 0 Å². The number of benzene rings is 2. The number of aromatic nitrogens is 1. The van der Waals surface area contributed by atoms with Crippen molar-refractivity contribution in [2.75, 3.05) is 0 Å². The van der Waals surface area contributed by atoms with Crippen LogP contribution in [0.4, 0.5) is 0 Å². The van der Waals surface area contributed by atoms with Crippen LogP contribution in [0.1, 0.15) is 124 Å². The number of ketones is 1. The van der Waals surface area contributed by atoms with E-state index >= 15 is 0 Å². The van der Waals surface area contributed by atoms with Crippen LogP contribution in [0.25, 0.3) is 22.2 Å². The van der Waals surface area contributed by atoms with Crippen LogP contribution >= 0.6 is 0 Å². The molecule has 3 aromatic rings. The minimum Gasteiger partial charge on any atom is -0.344 e. The second-order valence-electron chi connectivity index (χ2n) is 14.7. The summed E-state index contributed by atoms with van der Waals surface area (Å²) in [6, 6.07) is 16.1. The molecular weight excluding hydrogens is 691 g/mol. The van der Waals surface area contributed by atoms with Crippen molar-refractivity contribution in [2.45, 2.75) is 127 Å². The molecular formula is C39H59IrNO. The smallest absolute Gasteiger partial charge is 0.214 e. The summed E-state index contributed by atoms with van der Waals surface area (Å²) in [6.45, 7) is 32.4. The molecule has 2 nitrogen and oxygen atoms in total. The number of Topliss-reactive ketones (excluding diaryl/α,β-unsaturated/α-hetero) is 1. The van der Waals surface area contributed by atoms with Gasteiger partial charge in [0.2, 0.25) is 11.2 Å². The summed E-state index contributed by atoms with van der Waals surface area (Å²) in [4.78, 5) is 11.4. The normalized spacial score (nSPS) is 13.8. The Kier molecular flexibility index (Phi) is 14.3. The molecule has 3 heteroatoms. The van der Waals surface area contributed by atoms with Crippen molar-refractivity contribution in [3.63, 3.8) is 0 Å². The molecule has 0 aliphatic carbocycles. The molecule has 1 aliphatic rings. The van der Waals surface area contributed by atoms with Crippen LogP contribution in [-0.2, 0) is 35.9 Å². The van der Waals surface area contributed by atoms with E-state index in [2.05, 4.69) is 137 Å². The van der Waals surface area contributed by atoms with Crippen LogP contribution in [-0.4, -0.2) is 5.78 Å². The van der Waals surface area contributed by atoms with Gasteiger partial charge in [0.15, 0.2) is 5.54 Å². The average Bonchev–Trinajstić information content (AvgIpc) is 3.04. The Labute approximate surface area is 272 Å². The Bertz CT molecular complexity index is 1330. The molecule has 0 bridgehead atoms. The van der Waals surface area contributed by atoms with Gasteiger partial charge in [0.25, 0.3) is 0 Å². The van der Waals surface area contributed by atoms with Crippen LogP contribution in [0.15, 0.2) is 42.5 Å². The van der Waals surface area contributed by atoms with Crippen molar-refractivity contribution >= 4 is 16.7 Å². The quantitative estimate of drug-likeness (QED) is 0.182. The van der Waals surface area contributed by atoms with E-state index in [1.165, 1.54) is 50.8 Å². The Morgan fingerprint density at radius 3 is 2.05 bits per heavy atom. The predicted molar refractivity (Wildman–Crippen MR) is 180 cm³/mol. The fourth-order valence-electron chi connectivity index (χ4n) is 6.67. The molecule has 1 unspecified atom stereocenters. The number of hydrogen-bond acceptors (Lipinski definition) is 1. The SMILES string of the molecule is CC(C)CC(=O)CC(C)CC(C)C.Cc1cc(C)c2c(c1)-c1ccc3c(C(C)(C)C)cccc3[n+]1C2(C)C.[CH2-]CC.[Ir]. The van der Waals surface area contributed by atoms with Crippen LogP contribution in [0.5, 0.6) is 0 Å². The zero-order valence-corrected chi connectivity index (χ0v) is 31.4. The largest absolute Gasteiger partial charge is 0.344 e. The molecule has 1 atom stereocenters. The van der Waals surface area contributed by atoms with Crippen LogP contribution < -0.4 is 4.57 Å². The fraction of sp³-hybridized carbons (Fsp3) is 0.564. The Hall–Kier alpha value is -1.83. The Balaban J connectivity index is 0.000000444. The number of nitrogens with zero attached hydrogens (tertiary/aromatic N) is 1. The minimum absolute atomic E-state index is 0. The van der Waals surface area contributed by atoms with E-state index in [-0.39, 0.29) is 31.1 Å². The molecule has 0 saturated carbocycles. The number of pyridine rings is 1. The molecule has 235 valence electrons. The van der Waals surface area contributed by atoms with E-state index in [0.717, 1.165) is 19.3 Å². The zero-order chi connectivity index (χ0) is 31.3. The molecule has 1 radical (unpaired) electrons. The Morgan fingerprint density at radius 1 is 0.929 bits per heavy atom. The first-order valence-corrected chi connectivity index (χ1v) is 15.9. The summed E-state index contributed by atoms with van der Waals surface area (Å²) >= 11 is 0. The van der Waals surface area contributed by atoms with Crippen LogP contribution in [0, 0.1) is 38.5 Å². The van der Waals surface area contributed by atoms with Crippen molar-refractivity contribution in [1.29, 1.82) is 0 Å². The maximum absolute atomic E-state index is 11.4. The molecule has 42 heavy (non-hydrogen) atoms. The van der Waals surface area contributed by atoms with Crippen LogP contribution in [0.2, 0.25) is 0 Å². The fourth-order valence-corrected chi connectivity index (χ4v) is 6.67. The van der Waals surface area contributed by atoms with Gasteiger partial charge in [0, 0.05) is 64.5 Å². The maximum Gasteiger partial charge on any atom is 0.214 e. The second kappa shape index (κ2) is 15.8. The van der Waals surface area contributed by atoms with E-state index in [4.69, 9.17) is 0 Å². The molecule has 0 amide bonds. The number of carbonyl (C=O) groups is 1. The molecule has 1 aliphatic heterocycles. The monoisotopic (exact) mass is 750 g/mol. The van der Waals surface area contributed by atoms with Crippen molar-refractivity contribution in [3.8, 4) is 11.3 Å². The van der Waals surface area contributed by atoms with Crippen molar-refractivity contribution in [2.24, 2.45) is 17.8 Å². The van der Waals surface area contributed by atoms with Gasteiger partial charge in [0.05, 0.1) is 10.9 Å². The molecule has 0 spiro atoms. The van der Waals surface area contributed by atoms with E-state index in [0.29, 0.717) is 23.5 Å². The summed E-state index contributed by atoms with van der Waals surface area (Å²) in [5.41, 5.74) is 9.77. The first-order valence-electron chi connectivity index (χ1n) is 15.9. The van der Waals surface area contributed by atoms with Gasteiger partial charge >= 0.3 is 0 Å². The molecule has 0 N–H and O–H groups in total. The van der Waals surface area contributed by atoms with Gasteiger partial charge in [-0.1, -0.05) is 80.5 Å². The first-order chi connectivity index (χ1) is 18.9. The summed E-state index contributed by atoms with van der Waals surface area (Å²) < 4.78 is 2.55. The molecule has 2 aromatic carbocycles. The molecule has 1 aromatic heterocycles. The number of fused-ring (bicyclic) bond motifs is 5. The third-order valence-electron chi connectivity index (χ3n) is 7.79. The van der Waals surface area contributed by atoms with Gasteiger partial charge in [0.1, 0.15) is 5.78 Å². The number of carbonyl (C=O) groups excluding carboxylic acids is 1. The number of rotatable bonds is 6. The number of hydrogen-bond donors (Lipinski definition) is 0. The van der Waals surface area contributed by atoms with Crippen molar-refractivity contribution in [3.05, 3.63) is 71.6 Å². The average molecular weight is 750 g/mol. The van der Waals surface area contributed by atoms with Gasteiger partial charge < -0.3 is 6.92 Å². The summed E-state index contributed by atoms with van der Waals surface area (Å²) in [7, 11) is 0. The molecule has 0 fully saturated rings. The second-order valence-corrected chi connectivity index (χ2v) is 14.7. The zero-order valence-electron chi connectivity index (χ0n) is 29.0. The van der Waals surface area contributed by atoms with Crippen molar-refractivity contribution < 1.29 is 29.5 Å². The van der Waals surface area contributed by atoms with Crippen molar-refractivity contribution in [1.82, 2.24) is 0 Å². The van der Waals surface area contributed by atoms with E-state index in [1.807, 2.05) is 6.92 Å². The topological polar surface area (TPSA) is 20.9 Å². The minimum atomic E-state index is -0.0432. The maximum atomic E-state index is 11.4. The first kappa shape index (κ1) is 38.2. The molecule has 2 heterocycles. The van der Waals surface area contributed by atoms with Gasteiger partial charge in [-0.2, -0.15) is 11.0 Å². The van der Waals surface area contributed by atoms with Gasteiger partial charge in [-0.3, -0.25) is 4.79 Å². The summed E-state index contributed by atoms with van der Waals surface area (Å²) in [5.74, 6) is 2.22. The molecule has 4 rings (SSSR count). The summed E-state index contributed by atoms with van der Waals surface area (Å²) in [5, 5.41) is 1.37. The predicted octanol–water partition coefficient (Wildman–Crippen LogP) is 10.7. The van der Waals surface area contributed by atoms with E-state index in [9.17, 15) is 4.79 Å². The van der Waals surface area contributed by atoms with Gasteiger partial charge in [-0.15, -0.1) is 0 Å². The Morgan fingerprint density at radius 2 is 1.52 bits per heavy atom. The number of aryl methyl sites for hydroxylation is 2. The third kappa shape index (κ3) is 9.33. The third-order valence-corrected chi connectivity index (χ3v) is 7.79. The standard InChI is InChI=1S/C24H28N.C12H24O.C3H7.Ir/c1-15-13-16(2)22-18(14-15)21-12-11-17-19(23(3,4)5)9-8-10-20(17)25(21)24(22,6)7;1-9(2)6-11(5)8-12(13)7-10(3)4;1-3-2;/h8-14H,1-7H3;9-11H,6-8H2,1-5H3;1,3H2,2H3;/q+1;;-1;. The van der Waals surface area contributed by atoms with Gasteiger partial charge in [-0.05, 0) is 72.3 Å². The van der Waals surface area contributed by atoms with Crippen LogP contribution in [0.3, 0.4) is 0 Å². The summed E-state index contributed by atoms with van der Waals surface area (Å²) in [6.07, 6.45) is 3.70. The molecule has 0 saturated heterocycles. The van der Waals surface area contributed by atoms with E-state index in [1.54, 1.807) is 0 Å².